The van der Waals surface area contributed by atoms with E-state index in [0.717, 1.165) is 49.9 Å². The number of hydrogen-bond donors (Lipinski definition) is 0. The molecular formula is C17H22BrClN2O2. The van der Waals surface area contributed by atoms with Crippen molar-refractivity contribution in [3.05, 3.63) is 33.3 Å². The molecule has 1 atom stereocenters. The summed E-state index contributed by atoms with van der Waals surface area (Å²) in [6, 6.07) is 5.99. The summed E-state index contributed by atoms with van der Waals surface area (Å²) < 4.78 is 6.33. The van der Waals surface area contributed by atoms with E-state index < -0.39 is 0 Å². The molecule has 6 heteroatoms. The average molecular weight is 402 g/mol. The zero-order chi connectivity index (χ0) is 16.4. The maximum absolute atomic E-state index is 12.7. The van der Waals surface area contributed by atoms with Crippen LogP contribution in [0.4, 0.5) is 0 Å². The number of piperidine rings is 1. The van der Waals surface area contributed by atoms with Crippen molar-refractivity contribution in [3.63, 3.8) is 0 Å². The highest BCUT2D eigenvalue weighted by atomic mass is 79.9. The number of ether oxygens (including phenoxy) is 1. The van der Waals surface area contributed by atoms with E-state index >= 15 is 0 Å². The van der Waals surface area contributed by atoms with E-state index in [1.54, 1.807) is 19.2 Å². The minimum Gasteiger partial charge on any atom is -0.380 e. The highest BCUT2D eigenvalue weighted by molar-refractivity contribution is 9.10. The normalized spacial score (nSPS) is 23.4. The molecule has 2 fully saturated rings. The third kappa shape index (κ3) is 3.90. The second-order valence-electron chi connectivity index (χ2n) is 6.29. The van der Waals surface area contributed by atoms with Crippen LogP contribution in [0, 0.1) is 0 Å². The van der Waals surface area contributed by atoms with Gasteiger partial charge in [-0.3, -0.25) is 9.69 Å². The van der Waals surface area contributed by atoms with Gasteiger partial charge in [-0.1, -0.05) is 27.5 Å². The van der Waals surface area contributed by atoms with E-state index in [1.165, 1.54) is 0 Å². The fraction of sp³-hybridized carbons (Fsp3) is 0.588. The van der Waals surface area contributed by atoms with Crippen molar-refractivity contribution in [3.8, 4) is 0 Å². The Bertz CT molecular complexity index is 576. The van der Waals surface area contributed by atoms with Gasteiger partial charge in [0.25, 0.3) is 5.91 Å². The molecule has 0 spiro atoms. The van der Waals surface area contributed by atoms with E-state index in [1.807, 2.05) is 11.0 Å². The lowest BCUT2D eigenvalue weighted by atomic mass is 10.0. The molecule has 3 rings (SSSR count). The van der Waals surface area contributed by atoms with Gasteiger partial charge in [-0.2, -0.15) is 0 Å². The molecule has 1 aromatic carbocycles. The van der Waals surface area contributed by atoms with E-state index in [-0.39, 0.29) is 5.91 Å². The Kier molecular flexibility index (Phi) is 5.62. The summed E-state index contributed by atoms with van der Waals surface area (Å²) in [5.74, 6) is 0.0333. The number of nitrogens with zero attached hydrogens (tertiary/aromatic N) is 2. The van der Waals surface area contributed by atoms with E-state index in [9.17, 15) is 4.79 Å². The Labute approximate surface area is 150 Å². The molecule has 2 aliphatic heterocycles. The first-order valence-corrected chi connectivity index (χ1v) is 9.26. The number of halogens is 2. The van der Waals surface area contributed by atoms with E-state index in [0.29, 0.717) is 22.7 Å². The number of carbonyl (C=O) groups is 1. The summed E-state index contributed by atoms with van der Waals surface area (Å²) in [6.45, 7) is 3.71. The summed E-state index contributed by atoms with van der Waals surface area (Å²) in [5.41, 5.74) is 0.583. The van der Waals surface area contributed by atoms with Gasteiger partial charge in [-0.05, 0) is 37.5 Å². The van der Waals surface area contributed by atoms with Crippen LogP contribution in [0.15, 0.2) is 22.7 Å². The van der Waals surface area contributed by atoms with Crippen LogP contribution >= 0.6 is 27.5 Å². The third-order valence-corrected chi connectivity index (χ3v) is 5.76. The summed E-state index contributed by atoms with van der Waals surface area (Å²) in [4.78, 5) is 17.1. The van der Waals surface area contributed by atoms with Crippen molar-refractivity contribution in [2.24, 2.45) is 0 Å². The lowest BCUT2D eigenvalue weighted by Crippen LogP contribution is -2.46. The predicted octanol–water partition coefficient (Wildman–Crippen LogP) is 3.43. The van der Waals surface area contributed by atoms with Gasteiger partial charge in [-0.25, -0.2) is 0 Å². The van der Waals surface area contributed by atoms with Gasteiger partial charge in [-0.15, -0.1) is 0 Å². The van der Waals surface area contributed by atoms with Crippen molar-refractivity contribution < 1.29 is 9.53 Å². The summed E-state index contributed by atoms with van der Waals surface area (Å²) >= 11 is 9.59. The first kappa shape index (κ1) is 17.2. The average Bonchev–Trinajstić information content (AvgIpc) is 3.06. The molecule has 0 saturated carbocycles. The van der Waals surface area contributed by atoms with Crippen LogP contribution in [0.3, 0.4) is 0 Å². The number of likely N-dealkylation sites (tertiary alicyclic amines) is 2. The Morgan fingerprint density at radius 2 is 2.00 bits per heavy atom. The quantitative estimate of drug-likeness (QED) is 0.778. The van der Waals surface area contributed by atoms with Crippen molar-refractivity contribution in [1.29, 1.82) is 0 Å². The Balaban J connectivity index is 1.58. The summed E-state index contributed by atoms with van der Waals surface area (Å²) in [6.07, 6.45) is 3.53. The maximum Gasteiger partial charge on any atom is 0.255 e. The van der Waals surface area contributed by atoms with Gasteiger partial charge in [0.15, 0.2) is 0 Å². The van der Waals surface area contributed by atoms with Gasteiger partial charge in [0.2, 0.25) is 0 Å². The number of hydrogen-bond acceptors (Lipinski definition) is 3. The van der Waals surface area contributed by atoms with Crippen LogP contribution in [0.2, 0.25) is 5.02 Å². The Hall–Kier alpha value is -0.620. The second-order valence-corrected chi connectivity index (χ2v) is 7.61. The molecule has 0 aliphatic carbocycles. The van der Waals surface area contributed by atoms with Crippen molar-refractivity contribution in [1.82, 2.24) is 9.80 Å². The van der Waals surface area contributed by atoms with Crippen LogP contribution < -0.4 is 0 Å². The molecule has 1 aromatic rings. The van der Waals surface area contributed by atoms with Crippen molar-refractivity contribution in [2.45, 2.75) is 31.4 Å². The van der Waals surface area contributed by atoms with Crippen molar-refractivity contribution >= 4 is 33.4 Å². The molecule has 0 aromatic heterocycles. The fourth-order valence-corrected chi connectivity index (χ4v) is 4.10. The molecule has 1 unspecified atom stereocenters. The molecule has 0 radical (unpaired) electrons. The largest absolute Gasteiger partial charge is 0.380 e. The number of amides is 1. The summed E-state index contributed by atoms with van der Waals surface area (Å²) in [7, 11) is 1.79. The van der Waals surface area contributed by atoms with Gasteiger partial charge < -0.3 is 9.64 Å². The van der Waals surface area contributed by atoms with Gasteiger partial charge >= 0.3 is 0 Å². The molecule has 0 bridgehead atoms. The minimum atomic E-state index is 0.0333. The van der Waals surface area contributed by atoms with Gasteiger partial charge in [0.05, 0.1) is 16.7 Å². The highest BCUT2D eigenvalue weighted by Gasteiger charge is 2.32. The molecule has 2 saturated heterocycles. The zero-order valence-corrected chi connectivity index (χ0v) is 15.6. The van der Waals surface area contributed by atoms with Crippen molar-refractivity contribution in [2.75, 3.05) is 33.3 Å². The minimum absolute atomic E-state index is 0.0333. The molecule has 0 N–H and O–H groups in total. The molecule has 1 amide bonds. The Morgan fingerprint density at radius 3 is 2.65 bits per heavy atom. The van der Waals surface area contributed by atoms with Gasteiger partial charge in [0, 0.05) is 43.8 Å². The number of carbonyl (C=O) groups excluding carboxylic acids is 1. The first-order chi connectivity index (χ1) is 11.1. The maximum atomic E-state index is 12.7. The SMILES string of the molecule is COC1CCN(C2CCN(C(=O)c3cc(Br)ccc3Cl)CC2)C1. The third-order valence-electron chi connectivity index (χ3n) is 4.94. The number of methoxy groups -OCH3 is 1. The lowest BCUT2D eigenvalue weighted by Gasteiger charge is -2.36. The van der Waals surface area contributed by atoms with E-state index in [4.69, 9.17) is 16.3 Å². The Morgan fingerprint density at radius 1 is 1.26 bits per heavy atom. The standard InChI is InChI=1S/C17H22BrClN2O2/c1-23-14-6-9-21(11-14)13-4-7-20(8-5-13)17(22)15-10-12(18)2-3-16(15)19/h2-3,10,13-14H,4-9,11H2,1H3. The van der Waals surface area contributed by atoms with Crippen LogP contribution in [0.5, 0.6) is 0 Å². The smallest absolute Gasteiger partial charge is 0.255 e. The second kappa shape index (κ2) is 7.51. The van der Waals surface area contributed by atoms with Crippen LogP contribution in [-0.4, -0.2) is 61.1 Å². The van der Waals surface area contributed by atoms with Crippen LogP contribution in [-0.2, 0) is 4.74 Å². The predicted molar refractivity (Wildman–Crippen MR) is 95.1 cm³/mol. The van der Waals surface area contributed by atoms with E-state index in [2.05, 4.69) is 20.8 Å². The van der Waals surface area contributed by atoms with Gasteiger partial charge in [0.1, 0.15) is 0 Å². The first-order valence-electron chi connectivity index (χ1n) is 8.09. The molecular weight excluding hydrogens is 380 g/mol. The molecule has 126 valence electrons. The highest BCUT2D eigenvalue weighted by Crippen LogP contribution is 2.26. The number of rotatable bonds is 3. The lowest BCUT2D eigenvalue weighted by molar-refractivity contribution is 0.0603. The zero-order valence-electron chi connectivity index (χ0n) is 13.3. The van der Waals surface area contributed by atoms with Crippen LogP contribution in [0.1, 0.15) is 29.6 Å². The number of benzene rings is 1. The molecule has 2 heterocycles. The molecule has 4 nitrogen and oxygen atoms in total. The topological polar surface area (TPSA) is 32.8 Å². The van der Waals surface area contributed by atoms with Crippen LogP contribution in [0.25, 0.3) is 0 Å². The monoisotopic (exact) mass is 400 g/mol. The molecule has 2 aliphatic rings. The summed E-state index contributed by atoms with van der Waals surface area (Å²) in [5, 5.41) is 0.516. The molecule has 23 heavy (non-hydrogen) atoms. The fourth-order valence-electron chi connectivity index (χ4n) is 3.54.